The van der Waals surface area contributed by atoms with Gasteiger partial charge in [0.1, 0.15) is 17.3 Å². The van der Waals surface area contributed by atoms with E-state index in [9.17, 15) is 9.90 Å². The molecule has 1 aromatic heterocycles. The van der Waals surface area contributed by atoms with E-state index >= 15 is 0 Å². The van der Waals surface area contributed by atoms with Gasteiger partial charge in [-0.2, -0.15) is 0 Å². The highest BCUT2D eigenvalue weighted by Crippen LogP contribution is 2.43. The Morgan fingerprint density at radius 2 is 1.84 bits per heavy atom. The number of hydrogen-bond acceptors (Lipinski definition) is 6. The van der Waals surface area contributed by atoms with E-state index in [-0.39, 0.29) is 5.91 Å². The van der Waals surface area contributed by atoms with E-state index in [4.69, 9.17) is 10.5 Å². The Kier molecular flexibility index (Phi) is 6.75. The van der Waals surface area contributed by atoms with Crippen LogP contribution < -0.4 is 15.4 Å². The maximum Gasteiger partial charge on any atom is 0.274 e. The Morgan fingerprint density at radius 3 is 2.55 bits per heavy atom. The first-order valence-corrected chi connectivity index (χ1v) is 13.5. The lowest BCUT2D eigenvalue weighted by molar-refractivity contribution is -0.143. The molecular weight excluding hydrogens is 496 g/mol. The van der Waals surface area contributed by atoms with Crippen molar-refractivity contribution in [2.75, 3.05) is 11.4 Å². The minimum absolute atomic E-state index is 0.131. The van der Waals surface area contributed by atoms with Crippen LogP contribution in [0.1, 0.15) is 40.5 Å². The Bertz CT molecular complexity index is 1460. The van der Waals surface area contributed by atoms with Crippen molar-refractivity contribution in [2.24, 2.45) is 10.7 Å². The molecule has 3 heterocycles. The second-order valence-corrected chi connectivity index (χ2v) is 10.9. The Balaban J connectivity index is 1.31. The Labute approximate surface area is 227 Å². The number of phenols is 1. The van der Waals surface area contributed by atoms with Gasteiger partial charge in [0.05, 0.1) is 10.6 Å². The molecule has 0 bridgehead atoms. The minimum Gasteiger partial charge on any atom is -0.507 e. The summed E-state index contributed by atoms with van der Waals surface area (Å²) in [6.45, 7) is 8.17. The topological polar surface area (TPSA) is 91.4 Å². The average molecular weight is 529 g/mol. The SMILES string of the molecule is Cc1c(C)c2c(c(C)c1O)CCC(C)(C(=O)N1C=CCN(c3ccc(N=C(N)c4cccs4)cc3)C=C1)O2. The van der Waals surface area contributed by atoms with Gasteiger partial charge in [0.25, 0.3) is 5.91 Å². The second-order valence-electron chi connectivity index (χ2n) is 9.90. The number of rotatable bonds is 4. The summed E-state index contributed by atoms with van der Waals surface area (Å²) < 4.78 is 6.40. The van der Waals surface area contributed by atoms with Crippen molar-refractivity contribution < 1.29 is 14.6 Å². The number of hydrogen-bond donors (Lipinski definition) is 2. The van der Waals surface area contributed by atoms with E-state index in [1.165, 1.54) is 0 Å². The molecule has 0 aliphatic carbocycles. The van der Waals surface area contributed by atoms with E-state index < -0.39 is 5.60 Å². The van der Waals surface area contributed by atoms with Gasteiger partial charge in [0.15, 0.2) is 5.60 Å². The van der Waals surface area contributed by atoms with Crippen LogP contribution >= 0.6 is 11.3 Å². The molecule has 0 saturated heterocycles. The monoisotopic (exact) mass is 528 g/mol. The number of anilines is 1. The fourth-order valence-electron chi connectivity index (χ4n) is 4.87. The van der Waals surface area contributed by atoms with Crippen LogP contribution in [0.3, 0.4) is 0 Å². The number of amidine groups is 1. The molecule has 0 saturated carbocycles. The zero-order chi connectivity index (χ0) is 27.0. The summed E-state index contributed by atoms with van der Waals surface area (Å²) in [5.74, 6) is 1.39. The smallest absolute Gasteiger partial charge is 0.274 e. The molecular formula is C30H32N4O3S. The summed E-state index contributed by atoms with van der Waals surface area (Å²) in [5, 5.41) is 12.4. The number of aliphatic imine (C=N–C) groups is 1. The number of fused-ring (bicyclic) bond motifs is 1. The quantitative estimate of drug-likeness (QED) is 0.328. The number of nitrogens with two attached hydrogens (primary N) is 1. The molecule has 0 spiro atoms. The second kappa shape index (κ2) is 10.0. The van der Waals surface area contributed by atoms with Gasteiger partial charge in [-0.15, -0.1) is 11.3 Å². The molecule has 0 fully saturated rings. The van der Waals surface area contributed by atoms with Crippen LogP contribution in [0.4, 0.5) is 11.4 Å². The number of ether oxygens (including phenoxy) is 1. The largest absolute Gasteiger partial charge is 0.507 e. The summed E-state index contributed by atoms with van der Waals surface area (Å²) in [5.41, 5.74) is 10.3. The number of carbonyl (C=O) groups is 1. The van der Waals surface area contributed by atoms with Crippen molar-refractivity contribution in [1.29, 1.82) is 0 Å². The average Bonchev–Trinajstić information content (AvgIpc) is 3.36. The molecule has 2 aliphatic rings. The number of phenolic OH excluding ortho intramolecular Hbond substituents is 1. The number of aromatic hydroxyl groups is 1. The van der Waals surface area contributed by atoms with Gasteiger partial charge in [-0.25, -0.2) is 4.99 Å². The number of amides is 1. The Hall–Kier alpha value is -4.04. The van der Waals surface area contributed by atoms with Crippen molar-refractivity contribution >= 4 is 34.5 Å². The third kappa shape index (κ3) is 4.67. The number of carbonyl (C=O) groups excluding carboxylic acids is 1. The van der Waals surface area contributed by atoms with Crippen LogP contribution in [0, 0.1) is 20.8 Å². The normalized spacial score (nSPS) is 19.2. The molecule has 5 rings (SSSR count). The first-order chi connectivity index (χ1) is 18.2. The predicted octanol–water partition coefficient (Wildman–Crippen LogP) is 5.83. The highest BCUT2D eigenvalue weighted by molar-refractivity contribution is 7.12. The summed E-state index contributed by atoms with van der Waals surface area (Å²) in [4.78, 5) is 22.8. The van der Waals surface area contributed by atoms with E-state index in [0.29, 0.717) is 36.7 Å². The van der Waals surface area contributed by atoms with E-state index in [2.05, 4.69) is 9.89 Å². The van der Waals surface area contributed by atoms with Crippen LogP contribution in [0.25, 0.3) is 0 Å². The van der Waals surface area contributed by atoms with Crippen molar-refractivity contribution in [3.63, 3.8) is 0 Å². The zero-order valence-electron chi connectivity index (χ0n) is 22.1. The lowest BCUT2D eigenvalue weighted by Gasteiger charge is -2.38. The fourth-order valence-corrected chi connectivity index (χ4v) is 5.50. The molecule has 3 aromatic rings. The molecule has 8 heteroatoms. The molecule has 2 aromatic carbocycles. The lowest BCUT2D eigenvalue weighted by Crippen LogP contribution is -2.50. The van der Waals surface area contributed by atoms with Crippen molar-refractivity contribution in [3.05, 3.63) is 93.6 Å². The number of nitrogens with zero attached hydrogens (tertiary/aromatic N) is 3. The van der Waals surface area contributed by atoms with E-state index in [0.717, 1.165) is 38.5 Å². The van der Waals surface area contributed by atoms with Gasteiger partial charge in [-0.1, -0.05) is 6.07 Å². The molecule has 1 unspecified atom stereocenters. The molecule has 196 valence electrons. The minimum atomic E-state index is -1.01. The van der Waals surface area contributed by atoms with Crippen LogP contribution in [0.5, 0.6) is 11.5 Å². The fraction of sp³-hybridized carbons (Fsp3) is 0.267. The molecule has 2 aliphatic heterocycles. The molecule has 0 radical (unpaired) electrons. The summed E-state index contributed by atoms with van der Waals surface area (Å²) in [7, 11) is 0. The third-order valence-corrected chi connectivity index (χ3v) is 8.28. The van der Waals surface area contributed by atoms with Crippen LogP contribution in [-0.4, -0.2) is 33.9 Å². The lowest BCUT2D eigenvalue weighted by atomic mass is 9.86. The van der Waals surface area contributed by atoms with Crippen LogP contribution in [0.15, 0.2) is 71.4 Å². The Morgan fingerprint density at radius 1 is 1.08 bits per heavy atom. The highest BCUT2D eigenvalue weighted by Gasteiger charge is 2.42. The van der Waals surface area contributed by atoms with Crippen molar-refractivity contribution in [1.82, 2.24) is 4.90 Å². The van der Waals surface area contributed by atoms with Crippen molar-refractivity contribution in [2.45, 2.75) is 46.1 Å². The maximum absolute atomic E-state index is 13.7. The number of benzene rings is 2. The summed E-state index contributed by atoms with van der Waals surface area (Å²) >= 11 is 1.56. The third-order valence-electron chi connectivity index (χ3n) is 7.39. The van der Waals surface area contributed by atoms with Gasteiger partial charge in [-0.05, 0) is 92.6 Å². The van der Waals surface area contributed by atoms with E-state index in [1.54, 1.807) is 28.6 Å². The standard InChI is InChI=1S/C30H32N4O3S/c1-19-20(2)27-24(21(3)26(19)35)12-13-30(4,37-27)29(36)34-15-6-14-33(16-17-34)23-10-8-22(9-11-23)32-28(31)25-7-5-18-38-25/h5-11,15-18,35H,12-14H2,1-4H3,(H2,31,32). The van der Waals surface area contributed by atoms with Gasteiger partial charge < -0.3 is 20.5 Å². The molecule has 7 nitrogen and oxygen atoms in total. The first kappa shape index (κ1) is 25.6. The molecule has 1 atom stereocenters. The maximum atomic E-state index is 13.7. The van der Waals surface area contributed by atoms with Crippen LogP contribution in [0.2, 0.25) is 0 Å². The molecule has 1 amide bonds. The van der Waals surface area contributed by atoms with Crippen molar-refractivity contribution in [3.8, 4) is 11.5 Å². The number of thiophene rings is 1. The zero-order valence-corrected chi connectivity index (χ0v) is 22.9. The summed E-state index contributed by atoms with van der Waals surface area (Å²) in [6, 6.07) is 11.7. The summed E-state index contributed by atoms with van der Waals surface area (Å²) in [6.07, 6.45) is 8.61. The highest BCUT2D eigenvalue weighted by atomic mass is 32.1. The van der Waals surface area contributed by atoms with Gasteiger partial charge in [-0.3, -0.25) is 9.69 Å². The van der Waals surface area contributed by atoms with Gasteiger partial charge in [0.2, 0.25) is 0 Å². The first-order valence-electron chi connectivity index (χ1n) is 12.6. The van der Waals surface area contributed by atoms with E-state index in [1.807, 2.05) is 81.7 Å². The molecule has 38 heavy (non-hydrogen) atoms. The van der Waals surface area contributed by atoms with Crippen LogP contribution in [-0.2, 0) is 11.2 Å². The van der Waals surface area contributed by atoms with Gasteiger partial charge in [0, 0.05) is 42.8 Å². The molecule has 3 N–H and O–H groups in total. The van der Waals surface area contributed by atoms with Gasteiger partial charge >= 0.3 is 0 Å². The predicted molar refractivity (Wildman–Crippen MR) is 153 cm³/mol.